The van der Waals surface area contributed by atoms with Crippen LogP contribution in [0.4, 0.5) is 5.69 Å². The second kappa shape index (κ2) is 4.17. The number of rotatable bonds is 2. The van der Waals surface area contributed by atoms with Gasteiger partial charge in [-0.1, -0.05) is 25.0 Å². The van der Waals surface area contributed by atoms with Crippen molar-refractivity contribution in [2.75, 3.05) is 19.0 Å². The minimum atomic E-state index is -0.204. The van der Waals surface area contributed by atoms with Crippen LogP contribution in [0.15, 0.2) is 24.3 Å². The predicted octanol–water partition coefficient (Wildman–Crippen LogP) is 3.09. The van der Waals surface area contributed by atoms with Gasteiger partial charge in [-0.05, 0) is 30.5 Å². The third-order valence-electron chi connectivity index (χ3n) is 3.61. The Kier molecular flexibility index (Phi) is 2.87. The van der Waals surface area contributed by atoms with Crippen LogP contribution in [-0.2, 0) is 5.41 Å². The summed E-state index contributed by atoms with van der Waals surface area (Å²) < 4.78 is 0. The van der Waals surface area contributed by atoms with Gasteiger partial charge < -0.3 is 4.90 Å². The van der Waals surface area contributed by atoms with E-state index in [1.165, 1.54) is 24.1 Å². The van der Waals surface area contributed by atoms with Gasteiger partial charge >= 0.3 is 0 Å². The molecule has 0 unspecified atom stereocenters. The van der Waals surface area contributed by atoms with E-state index < -0.39 is 0 Å². The molecule has 0 saturated heterocycles. The number of nitrogens with zero attached hydrogens (tertiary/aromatic N) is 2. The van der Waals surface area contributed by atoms with E-state index in [9.17, 15) is 5.26 Å². The van der Waals surface area contributed by atoms with Crippen molar-refractivity contribution < 1.29 is 0 Å². The van der Waals surface area contributed by atoms with E-state index in [4.69, 9.17) is 0 Å². The SMILES string of the molecule is CN(C)c1ccc(C2(C#N)CCCC2)cc1. The fourth-order valence-corrected chi connectivity index (χ4v) is 2.52. The molecule has 2 heteroatoms. The van der Waals surface area contributed by atoms with Gasteiger partial charge in [-0.2, -0.15) is 5.26 Å². The number of nitriles is 1. The number of anilines is 1. The van der Waals surface area contributed by atoms with E-state index in [1.54, 1.807) is 0 Å². The zero-order chi connectivity index (χ0) is 11.6. The van der Waals surface area contributed by atoms with Crippen molar-refractivity contribution in [2.24, 2.45) is 0 Å². The summed E-state index contributed by atoms with van der Waals surface area (Å²) in [6, 6.07) is 11.0. The molecule has 1 aliphatic rings. The van der Waals surface area contributed by atoms with Crippen LogP contribution in [0.3, 0.4) is 0 Å². The molecule has 2 nitrogen and oxygen atoms in total. The lowest BCUT2D eigenvalue weighted by molar-refractivity contribution is 0.573. The Morgan fingerprint density at radius 2 is 1.69 bits per heavy atom. The van der Waals surface area contributed by atoms with Gasteiger partial charge in [0.1, 0.15) is 0 Å². The summed E-state index contributed by atoms with van der Waals surface area (Å²) in [5.74, 6) is 0. The summed E-state index contributed by atoms with van der Waals surface area (Å²) >= 11 is 0. The van der Waals surface area contributed by atoms with Crippen molar-refractivity contribution in [3.8, 4) is 6.07 Å². The monoisotopic (exact) mass is 214 g/mol. The second-order valence-electron chi connectivity index (χ2n) is 4.84. The lowest BCUT2D eigenvalue weighted by Crippen LogP contribution is -2.19. The van der Waals surface area contributed by atoms with Crippen molar-refractivity contribution >= 4 is 5.69 Å². The maximum absolute atomic E-state index is 9.39. The zero-order valence-electron chi connectivity index (χ0n) is 10.0. The molecule has 2 rings (SSSR count). The predicted molar refractivity (Wildman–Crippen MR) is 66.5 cm³/mol. The lowest BCUT2D eigenvalue weighted by atomic mass is 9.80. The third-order valence-corrected chi connectivity index (χ3v) is 3.61. The van der Waals surface area contributed by atoms with Crippen LogP contribution in [0.1, 0.15) is 31.2 Å². The Labute approximate surface area is 97.5 Å². The summed E-state index contributed by atoms with van der Waals surface area (Å²) in [7, 11) is 4.06. The van der Waals surface area contributed by atoms with E-state index >= 15 is 0 Å². The van der Waals surface area contributed by atoms with Crippen LogP contribution < -0.4 is 4.90 Å². The summed E-state index contributed by atoms with van der Waals surface area (Å²) in [6.45, 7) is 0. The minimum Gasteiger partial charge on any atom is -0.378 e. The minimum absolute atomic E-state index is 0.204. The summed E-state index contributed by atoms with van der Waals surface area (Å²) in [5, 5.41) is 9.39. The van der Waals surface area contributed by atoms with Crippen molar-refractivity contribution in [1.29, 1.82) is 5.26 Å². The smallest absolute Gasteiger partial charge is 0.0822 e. The maximum Gasteiger partial charge on any atom is 0.0822 e. The van der Waals surface area contributed by atoms with Gasteiger partial charge in [-0.15, -0.1) is 0 Å². The highest BCUT2D eigenvalue weighted by Crippen LogP contribution is 2.40. The molecule has 1 aliphatic carbocycles. The van der Waals surface area contributed by atoms with E-state index in [0.29, 0.717) is 0 Å². The molecule has 0 amide bonds. The van der Waals surface area contributed by atoms with Crippen LogP contribution in [0.5, 0.6) is 0 Å². The Morgan fingerprint density at radius 1 is 1.12 bits per heavy atom. The molecule has 0 aromatic heterocycles. The quantitative estimate of drug-likeness (QED) is 0.756. The van der Waals surface area contributed by atoms with Gasteiger partial charge in [0, 0.05) is 19.8 Å². The summed E-state index contributed by atoms with van der Waals surface area (Å²) in [5.41, 5.74) is 2.18. The summed E-state index contributed by atoms with van der Waals surface area (Å²) in [6.07, 6.45) is 4.40. The fraction of sp³-hybridized carbons (Fsp3) is 0.500. The Balaban J connectivity index is 2.31. The molecule has 84 valence electrons. The van der Waals surface area contributed by atoms with E-state index in [-0.39, 0.29) is 5.41 Å². The molecule has 0 heterocycles. The van der Waals surface area contributed by atoms with E-state index in [0.717, 1.165) is 12.8 Å². The van der Waals surface area contributed by atoms with Crippen molar-refractivity contribution in [3.05, 3.63) is 29.8 Å². The standard InChI is InChI=1S/C14H18N2/c1-16(2)13-7-5-12(6-8-13)14(11-15)9-3-4-10-14/h5-8H,3-4,9-10H2,1-2H3. The van der Waals surface area contributed by atoms with Crippen LogP contribution in [0.2, 0.25) is 0 Å². The molecule has 0 atom stereocenters. The first-order chi connectivity index (χ1) is 7.68. The maximum atomic E-state index is 9.39. The number of hydrogen-bond donors (Lipinski definition) is 0. The summed E-state index contributed by atoms with van der Waals surface area (Å²) in [4.78, 5) is 2.08. The van der Waals surface area contributed by atoms with Gasteiger partial charge in [-0.25, -0.2) is 0 Å². The highest BCUT2D eigenvalue weighted by Gasteiger charge is 2.35. The molecule has 1 saturated carbocycles. The molecule has 0 aliphatic heterocycles. The first kappa shape index (κ1) is 11.0. The van der Waals surface area contributed by atoms with Crippen LogP contribution in [-0.4, -0.2) is 14.1 Å². The Hall–Kier alpha value is -1.49. The highest BCUT2D eigenvalue weighted by molar-refractivity contribution is 5.48. The Bertz CT molecular complexity index is 392. The molecule has 0 N–H and O–H groups in total. The van der Waals surface area contributed by atoms with Gasteiger partial charge in [0.2, 0.25) is 0 Å². The first-order valence-corrected chi connectivity index (χ1v) is 5.87. The second-order valence-corrected chi connectivity index (χ2v) is 4.84. The molecular formula is C14H18N2. The topological polar surface area (TPSA) is 27.0 Å². The average Bonchev–Trinajstić information content (AvgIpc) is 2.79. The number of hydrogen-bond acceptors (Lipinski definition) is 2. The van der Waals surface area contributed by atoms with Crippen molar-refractivity contribution in [1.82, 2.24) is 0 Å². The molecule has 1 fully saturated rings. The molecule has 16 heavy (non-hydrogen) atoms. The Morgan fingerprint density at radius 3 is 2.12 bits per heavy atom. The van der Waals surface area contributed by atoms with Crippen LogP contribution >= 0.6 is 0 Å². The molecular weight excluding hydrogens is 196 g/mol. The van der Waals surface area contributed by atoms with Gasteiger partial charge in [0.05, 0.1) is 11.5 Å². The zero-order valence-corrected chi connectivity index (χ0v) is 10.0. The normalized spacial score (nSPS) is 18.1. The van der Waals surface area contributed by atoms with E-state index in [2.05, 4.69) is 35.2 Å². The van der Waals surface area contributed by atoms with Crippen molar-refractivity contribution in [2.45, 2.75) is 31.1 Å². The van der Waals surface area contributed by atoms with Crippen molar-refractivity contribution in [3.63, 3.8) is 0 Å². The third kappa shape index (κ3) is 1.78. The van der Waals surface area contributed by atoms with Crippen LogP contribution in [0.25, 0.3) is 0 Å². The fourth-order valence-electron chi connectivity index (χ4n) is 2.52. The lowest BCUT2D eigenvalue weighted by Gasteiger charge is -2.22. The molecule has 1 aromatic rings. The molecule has 0 radical (unpaired) electrons. The molecule has 0 bridgehead atoms. The largest absolute Gasteiger partial charge is 0.378 e. The molecule has 1 aromatic carbocycles. The number of benzene rings is 1. The molecule has 0 spiro atoms. The van der Waals surface area contributed by atoms with Gasteiger partial charge in [-0.3, -0.25) is 0 Å². The highest BCUT2D eigenvalue weighted by atomic mass is 15.1. The van der Waals surface area contributed by atoms with Crippen LogP contribution in [0, 0.1) is 11.3 Å². The van der Waals surface area contributed by atoms with E-state index in [1.807, 2.05) is 14.1 Å². The first-order valence-electron chi connectivity index (χ1n) is 5.87. The average molecular weight is 214 g/mol. The van der Waals surface area contributed by atoms with Gasteiger partial charge in [0.15, 0.2) is 0 Å². The van der Waals surface area contributed by atoms with Gasteiger partial charge in [0.25, 0.3) is 0 Å².